The Morgan fingerprint density at radius 1 is 1.03 bits per heavy atom. The summed E-state index contributed by atoms with van der Waals surface area (Å²) in [5.74, 6) is -0.586. The number of hydrogen-bond acceptors (Lipinski definition) is 6. The van der Waals surface area contributed by atoms with E-state index in [1.54, 1.807) is 35.1 Å². The fraction of sp³-hybridized carbons (Fsp3) is 0.214. The number of hydrogen-bond donors (Lipinski definition) is 3. The molecule has 2 aliphatic rings. The third kappa shape index (κ3) is 4.28. The molecule has 1 aliphatic heterocycles. The number of primary amides is 1. The van der Waals surface area contributed by atoms with Crippen LogP contribution in [0, 0.1) is 5.82 Å². The van der Waals surface area contributed by atoms with Crippen molar-refractivity contribution in [3.63, 3.8) is 0 Å². The summed E-state index contributed by atoms with van der Waals surface area (Å²) in [5, 5.41) is 10.8. The van der Waals surface area contributed by atoms with Gasteiger partial charge in [0.15, 0.2) is 5.69 Å². The van der Waals surface area contributed by atoms with Crippen molar-refractivity contribution >= 4 is 23.3 Å². The standard InChI is InChI=1S/C28H26FN7O2/c29-18-5-8-20(9-6-18)36-25-21(24(34-36)26(30)37)10-4-17-3-7-19(16-23(17)25)33-28(38)22-2-1-11-32-27(22)35-14-12-31-13-15-35/h1-3,5-9,11,16,31H,4,10,12-15H2,(H2,30,37)(H,33,38). The van der Waals surface area contributed by atoms with Crippen molar-refractivity contribution in [1.82, 2.24) is 20.1 Å². The molecule has 1 fully saturated rings. The number of benzene rings is 2. The first-order valence-electron chi connectivity index (χ1n) is 12.5. The monoisotopic (exact) mass is 511 g/mol. The van der Waals surface area contributed by atoms with Gasteiger partial charge in [0.2, 0.25) is 0 Å². The molecular formula is C28H26FN7O2. The number of amides is 2. The van der Waals surface area contributed by atoms with Crippen LogP contribution in [0.1, 0.15) is 32.0 Å². The molecule has 4 N–H and O–H groups in total. The van der Waals surface area contributed by atoms with Gasteiger partial charge in [0.1, 0.15) is 11.6 Å². The van der Waals surface area contributed by atoms with Crippen LogP contribution in [0.4, 0.5) is 15.9 Å². The minimum atomic E-state index is -0.618. The number of nitrogens with zero attached hydrogens (tertiary/aromatic N) is 4. The molecule has 1 aliphatic carbocycles. The van der Waals surface area contributed by atoms with Gasteiger partial charge in [-0.1, -0.05) is 6.07 Å². The maximum atomic E-state index is 13.6. The molecule has 1 saturated heterocycles. The maximum absolute atomic E-state index is 13.6. The van der Waals surface area contributed by atoms with E-state index < -0.39 is 5.91 Å². The highest BCUT2D eigenvalue weighted by Gasteiger charge is 2.29. The average Bonchev–Trinajstić information content (AvgIpc) is 3.34. The van der Waals surface area contributed by atoms with Crippen LogP contribution in [0.5, 0.6) is 0 Å². The summed E-state index contributed by atoms with van der Waals surface area (Å²) in [5.41, 5.74) is 10.9. The Hall–Kier alpha value is -4.57. The number of nitrogens with two attached hydrogens (primary N) is 1. The number of nitrogens with one attached hydrogen (secondary N) is 2. The predicted octanol–water partition coefficient (Wildman–Crippen LogP) is 2.93. The summed E-state index contributed by atoms with van der Waals surface area (Å²) >= 11 is 0. The first kappa shape index (κ1) is 23.8. The summed E-state index contributed by atoms with van der Waals surface area (Å²) < 4.78 is 15.2. The number of anilines is 2. The molecule has 10 heteroatoms. The summed E-state index contributed by atoms with van der Waals surface area (Å²) in [6.07, 6.45) is 2.99. The Labute approximate surface area is 218 Å². The summed E-state index contributed by atoms with van der Waals surface area (Å²) in [6.45, 7) is 3.21. The van der Waals surface area contributed by atoms with Crippen LogP contribution >= 0.6 is 0 Å². The molecule has 0 saturated carbocycles. The summed E-state index contributed by atoms with van der Waals surface area (Å²) in [4.78, 5) is 32.2. The SMILES string of the molecule is NC(=O)c1nn(-c2ccc(F)cc2)c2c1CCc1ccc(NC(=O)c3cccnc3N3CCNCC3)cc1-2. The number of halogens is 1. The number of fused-ring (bicyclic) bond motifs is 3. The van der Waals surface area contributed by atoms with Crippen molar-refractivity contribution in [2.45, 2.75) is 12.8 Å². The number of aromatic nitrogens is 3. The fourth-order valence-corrected chi connectivity index (χ4v) is 5.18. The first-order chi connectivity index (χ1) is 18.5. The molecule has 2 aromatic carbocycles. The van der Waals surface area contributed by atoms with Gasteiger partial charge in [-0.2, -0.15) is 5.10 Å². The third-order valence-electron chi connectivity index (χ3n) is 7.00. The molecule has 9 nitrogen and oxygen atoms in total. The molecule has 2 aromatic heterocycles. The van der Waals surface area contributed by atoms with Crippen LogP contribution in [0.3, 0.4) is 0 Å². The molecule has 0 bridgehead atoms. The van der Waals surface area contributed by atoms with Crippen LogP contribution in [0.2, 0.25) is 0 Å². The highest BCUT2D eigenvalue weighted by molar-refractivity contribution is 6.08. The zero-order chi connectivity index (χ0) is 26.2. The van der Waals surface area contributed by atoms with Gasteiger partial charge in [0.25, 0.3) is 11.8 Å². The zero-order valence-corrected chi connectivity index (χ0v) is 20.6. The van der Waals surface area contributed by atoms with Gasteiger partial charge >= 0.3 is 0 Å². The quantitative estimate of drug-likeness (QED) is 0.379. The summed E-state index contributed by atoms with van der Waals surface area (Å²) in [6, 6.07) is 15.2. The van der Waals surface area contributed by atoms with Crippen LogP contribution in [0.15, 0.2) is 60.8 Å². The van der Waals surface area contributed by atoms with Gasteiger partial charge in [0, 0.05) is 49.2 Å². The van der Waals surface area contributed by atoms with Gasteiger partial charge in [-0.3, -0.25) is 9.59 Å². The Balaban J connectivity index is 1.38. The molecule has 192 valence electrons. The third-order valence-corrected chi connectivity index (χ3v) is 7.00. The number of piperazine rings is 1. The van der Waals surface area contributed by atoms with Gasteiger partial charge in [-0.05, 0) is 66.9 Å². The highest BCUT2D eigenvalue weighted by Crippen LogP contribution is 2.38. The second kappa shape index (κ2) is 9.71. The van der Waals surface area contributed by atoms with E-state index in [0.717, 1.165) is 42.9 Å². The second-order valence-electron chi connectivity index (χ2n) is 9.37. The molecule has 6 rings (SSSR count). The van der Waals surface area contributed by atoms with E-state index in [4.69, 9.17) is 5.73 Å². The van der Waals surface area contributed by atoms with Crippen molar-refractivity contribution < 1.29 is 14.0 Å². The zero-order valence-electron chi connectivity index (χ0n) is 20.6. The fourth-order valence-electron chi connectivity index (χ4n) is 5.18. The van der Waals surface area contributed by atoms with E-state index in [0.29, 0.717) is 41.3 Å². The molecule has 0 spiro atoms. The van der Waals surface area contributed by atoms with E-state index >= 15 is 0 Å². The lowest BCUT2D eigenvalue weighted by Crippen LogP contribution is -2.44. The van der Waals surface area contributed by atoms with E-state index in [1.807, 2.05) is 18.2 Å². The minimum absolute atomic E-state index is 0.195. The first-order valence-corrected chi connectivity index (χ1v) is 12.5. The van der Waals surface area contributed by atoms with Crippen molar-refractivity contribution in [3.8, 4) is 16.9 Å². The number of carbonyl (C=O) groups excluding carboxylic acids is 2. The molecule has 0 radical (unpaired) electrons. The van der Waals surface area contributed by atoms with Gasteiger partial charge in [0.05, 0.1) is 16.9 Å². The lowest BCUT2D eigenvalue weighted by molar-refractivity contribution is 0.0992. The number of pyridine rings is 1. The van der Waals surface area contributed by atoms with Crippen LogP contribution in [-0.2, 0) is 12.8 Å². The molecule has 2 amide bonds. The van der Waals surface area contributed by atoms with Crippen LogP contribution < -0.4 is 21.3 Å². The highest BCUT2D eigenvalue weighted by atomic mass is 19.1. The van der Waals surface area contributed by atoms with Gasteiger partial charge in [-0.15, -0.1) is 0 Å². The molecule has 0 atom stereocenters. The Morgan fingerprint density at radius 2 is 1.82 bits per heavy atom. The van der Waals surface area contributed by atoms with Crippen molar-refractivity contribution in [3.05, 3.63) is 89.0 Å². The molecule has 3 heterocycles. The smallest absolute Gasteiger partial charge is 0.269 e. The summed E-state index contributed by atoms with van der Waals surface area (Å²) in [7, 11) is 0. The Morgan fingerprint density at radius 3 is 2.58 bits per heavy atom. The number of carbonyl (C=O) groups is 2. The van der Waals surface area contributed by atoms with Crippen LogP contribution in [-0.4, -0.2) is 52.8 Å². The minimum Gasteiger partial charge on any atom is -0.364 e. The molecular weight excluding hydrogens is 485 g/mol. The normalized spacial score (nSPS) is 14.5. The second-order valence-corrected chi connectivity index (χ2v) is 9.37. The number of rotatable bonds is 5. The average molecular weight is 512 g/mol. The van der Waals surface area contributed by atoms with E-state index in [1.165, 1.54) is 12.1 Å². The Kier molecular flexibility index (Phi) is 6.09. The predicted molar refractivity (Wildman–Crippen MR) is 142 cm³/mol. The number of aryl methyl sites for hydroxylation is 1. The topological polar surface area (TPSA) is 118 Å². The van der Waals surface area contributed by atoms with Crippen LogP contribution in [0.25, 0.3) is 16.9 Å². The lowest BCUT2D eigenvalue weighted by atomic mass is 9.88. The molecule has 38 heavy (non-hydrogen) atoms. The van der Waals surface area contributed by atoms with Crippen molar-refractivity contribution in [1.29, 1.82) is 0 Å². The largest absolute Gasteiger partial charge is 0.364 e. The van der Waals surface area contributed by atoms with E-state index in [9.17, 15) is 14.0 Å². The molecule has 4 aromatic rings. The van der Waals surface area contributed by atoms with E-state index in [-0.39, 0.29) is 17.4 Å². The van der Waals surface area contributed by atoms with E-state index in [2.05, 4.69) is 25.6 Å². The lowest BCUT2D eigenvalue weighted by Gasteiger charge is -2.29. The van der Waals surface area contributed by atoms with Crippen molar-refractivity contribution in [2.24, 2.45) is 5.73 Å². The van der Waals surface area contributed by atoms with Crippen molar-refractivity contribution in [2.75, 3.05) is 36.4 Å². The van der Waals surface area contributed by atoms with Gasteiger partial charge in [-0.25, -0.2) is 14.1 Å². The molecule has 0 unspecified atom stereocenters. The maximum Gasteiger partial charge on any atom is 0.269 e. The van der Waals surface area contributed by atoms with Gasteiger partial charge < -0.3 is 21.3 Å². The Bertz CT molecular complexity index is 1540.